The number of rotatable bonds is 11. The predicted octanol–water partition coefficient (Wildman–Crippen LogP) is 4.50. The molecule has 0 rings (SSSR count). The van der Waals surface area contributed by atoms with Crippen molar-refractivity contribution in [3.63, 3.8) is 0 Å². The zero-order valence-corrected chi connectivity index (χ0v) is 11.5. The number of hydrogen-bond donors (Lipinski definition) is 1. The van der Waals surface area contributed by atoms with E-state index < -0.39 is 6.10 Å². The van der Waals surface area contributed by atoms with E-state index in [9.17, 15) is 5.11 Å². The van der Waals surface area contributed by atoms with Gasteiger partial charge >= 0.3 is 0 Å². The van der Waals surface area contributed by atoms with Gasteiger partial charge in [0.05, 0.1) is 11.5 Å². The van der Waals surface area contributed by atoms with Gasteiger partial charge in [0.2, 0.25) is 0 Å². The summed E-state index contributed by atoms with van der Waals surface area (Å²) >= 11 is 11.5. The molecule has 0 fully saturated rings. The lowest BCUT2D eigenvalue weighted by Gasteiger charge is -2.13. The second-order valence-corrected chi connectivity index (χ2v) is 5.09. The molecule has 0 amide bonds. The minimum Gasteiger partial charge on any atom is -0.390 e. The smallest absolute Gasteiger partial charge is 0.0838 e. The van der Waals surface area contributed by atoms with Crippen molar-refractivity contribution in [3.05, 3.63) is 12.7 Å². The number of aliphatic hydroxyl groups excluding tert-OH is 1. The number of aliphatic hydroxyl groups is 1. The molecule has 3 heteroatoms. The molecule has 0 aliphatic rings. The Morgan fingerprint density at radius 3 is 2.19 bits per heavy atom. The summed E-state index contributed by atoms with van der Waals surface area (Å²) in [6.45, 7) is 3.70. The summed E-state index contributed by atoms with van der Waals surface area (Å²) < 4.78 is 0. The third-order valence-electron chi connectivity index (χ3n) is 2.71. The highest BCUT2D eigenvalue weighted by Gasteiger charge is 2.14. The molecular weight excluding hydrogens is 243 g/mol. The van der Waals surface area contributed by atoms with E-state index in [4.69, 9.17) is 23.2 Å². The Morgan fingerprint density at radius 1 is 1.06 bits per heavy atom. The maximum atomic E-state index is 9.35. The molecule has 1 nitrogen and oxygen atoms in total. The molecule has 0 aromatic heterocycles. The van der Waals surface area contributed by atoms with Gasteiger partial charge in [0.15, 0.2) is 0 Å². The molecule has 0 saturated carbocycles. The first kappa shape index (κ1) is 16.3. The molecule has 2 atom stereocenters. The van der Waals surface area contributed by atoms with Crippen LogP contribution in [0.1, 0.15) is 51.4 Å². The zero-order valence-electron chi connectivity index (χ0n) is 10.0. The van der Waals surface area contributed by atoms with E-state index in [2.05, 4.69) is 6.58 Å². The lowest BCUT2D eigenvalue weighted by molar-refractivity contribution is 0.187. The van der Waals surface area contributed by atoms with Crippen LogP contribution in [0.3, 0.4) is 0 Å². The summed E-state index contributed by atoms with van der Waals surface area (Å²) in [7, 11) is 0. The van der Waals surface area contributed by atoms with Crippen molar-refractivity contribution in [2.75, 3.05) is 5.88 Å². The summed E-state index contributed by atoms with van der Waals surface area (Å²) in [6.07, 6.45) is 10.8. The highest BCUT2D eigenvalue weighted by atomic mass is 35.5. The molecule has 0 aromatic carbocycles. The topological polar surface area (TPSA) is 20.2 Å². The quantitative estimate of drug-likeness (QED) is 0.332. The predicted molar refractivity (Wildman–Crippen MR) is 73.5 cm³/mol. The Kier molecular flexibility index (Phi) is 12.0. The normalized spacial score (nSPS) is 14.7. The zero-order chi connectivity index (χ0) is 12.2. The van der Waals surface area contributed by atoms with Crippen LogP contribution in [0.4, 0.5) is 0 Å². The van der Waals surface area contributed by atoms with Crippen molar-refractivity contribution in [2.45, 2.75) is 62.8 Å². The maximum Gasteiger partial charge on any atom is 0.0838 e. The molecule has 0 bridgehead atoms. The maximum absolute atomic E-state index is 9.35. The molecule has 0 heterocycles. The minimum absolute atomic E-state index is 0.182. The molecule has 96 valence electrons. The van der Waals surface area contributed by atoms with Crippen LogP contribution in [-0.2, 0) is 0 Å². The Labute approximate surface area is 110 Å². The number of halogens is 2. The monoisotopic (exact) mass is 266 g/mol. The minimum atomic E-state index is -0.559. The van der Waals surface area contributed by atoms with E-state index >= 15 is 0 Å². The van der Waals surface area contributed by atoms with Crippen LogP contribution >= 0.6 is 23.2 Å². The van der Waals surface area contributed by atoms with Gasteiger partial charge in [-0.25, -0.2) is 0 Å². The summed E-state index contributed by atoms with van der Waals surface area (Å²) in [4.78, 5) is 0. The molecule has 0 aliphatic heterocycles. The molecule has 0 radical (unpaired) electrons. The van der Waals surface area contributed by atoms with E-state index in [1.807, 2.05) is 6.08 Å². The third kappa shape index (κ3) is 9.50. The molecule has 0 aliphatic carbocycles. The van der Waals surface area contributed by atoms with Crippen molar-refractivity contribution in [1.82, 2.24) is 0 Å². The number of hydrogen-bond acceptors (Lipinski definition) is 1. The number of alkyl halides is 2. The van der Waals surface area contributed by atoms with Gasteiger partial charge in [-0.3, -0.25) is 0 Å². The summed E-state index contributed by atoms with van der Waals surface area (Å²) in [5.41, 5.74) is 0. The Balaban J connectivity index is 3.17. The SMILES string of the molecule is C=CCCCCCCCCC(Cl)C(O)CCl. The number of unbranched alkanes of at least 4 members (excludes halogenated alkanes) is 6. The largest absolute Gasteiger partial charge is 0.390 e. The molecule has 1 N–H and O–H groups in total. The van der Waals surface area contributed by atoms with Gasteiger partial charge in [0.1, 0.15) is 0 Å². The molecular formula is C13H24Cl2O. The van der Waals surface area contributed by atoms with E-state index in [0.717, 1.165) is 19.3 Å². The van der Waals surface area contributed by atoms with Gasteiger partial charge in [-0.2, -0.15) is 0 Å². The van der Waals surface area contributed by atoms with Gasteiger partial charge in [-0.05, 0) is 19.3 Å². The van der Waals surface area contributed by atoms with E-state index in [-0.39, 0.29) is 11.3 Å². The highest BCUT2D eigenvalue weighted by Crippen LogP contribution is 2.15. The molecule has 0 saturated heterocycles. The van der Waals surface area contributed by atoms with Crippen LogP contribution in [-0.4, -0.2) is 22.5 Å². The summed E-state index contributed by atoms with van der Waals surface area (Å²) in [5.74, 6) is 0.232. The first-order chi connectivity index (χ1) is 7.72. The van der Waals surface area contributed by atoms with Gasteiger partial charge < -0.3 is 5.11 Å². The van der Waals surface area contributed by atoms with E-state index in [0.29, 0.717) is 0 Å². The first-order valence-electron chi connectivity index (χ1n) is 6.21. The van der Waals surface area contributed by atoms with Crippen LogP contribution in [0.25, 0.3) is 0 Å². The fraction of sp³-hybridized carbons (Fsp3) is 0.846. The highest BCUT2D eigenvalue weighted by molar-refractivity contribution is 6.23. The van der Waals surface area contributed by atoms with Crippen LogP contribution in [0.2, 0.25) is 0 Å². The van der Waals surface area contributed by atoms with Gasteiger partial charge in [-0.1, -0.05) is 38.2 Å². The lowest BCUT2D eigenvalue weighted by Crippen LogP contribution is -2.22. The summed E-state index contributed by atoms with van der Waals surface area (Å²) in [5, 5.41) is 9.17. The summed E-state index contributed by atoms with van der Waals surface area (Å²) in [6, 6.07) is 0. The standard InChI is InChI=1S/C13H24Cl2O/c1-2-3-4-5-6-7-8-9-10-12(15)13(16)11-14/h2,12-13,16H,1,3-11H2. The van der Waals surface area contributed by atoms with Crippen LogP contribution in [0.5, 0.6) is 0 Å². The van der Waals surface area contributed by atoms with Crippen molar-refractivity contribution in [2.24, 2.45) is 0 Å². The second-order valence-electron chi connectivity index (χ2n) is 4.22. The van der Waals surface area contributed by atoms with Crippen LogP contribution in [0.15, 0.2) is 12.7 Å². The average molecular weight is 267 g/mol. The third-order valence-corrected chi connectivity index (χ3v) is 3.54. The Bertz CT molecular complexity index is 162. The van der Waals surface area contributed by atoms with Crippen molar-refractivity contribution >= 4 is 23.2 Å². The second kappa shape index (κ2) is 11.8. The van der Waals surface area contributed by atoms with E-state index in [1.54, 1.807) is 0 Å². The fourth-order valence-corrected chi connectivity index (χ4v) is 2.17. The van der Waals surface area contributed by atoms with Crippen molar-refractivity contribution in [1.29, 1.82) is 0 Å². The fourth-order valence-electron chi connectivity index (χ4n) is 1.62. The molecule has 0 spiro atoms. The molecule has 0 aromatic rings. The van der Waals surface area contributed by atoms with Crippen LogP contribution < -0.4 is 0 Å². The molecule has 16 heavy (non-hydrogen) atoms. The van der Waals surface area contributed by atoms with Crippen molar-refractivity contribution < 1.29 is 5.11 Å². The van der Waals surface area contributed by atoms with E-state index in [1.165, 1.54) is 32.1 Å². The Hall–Kier alpha value is 0.280. The first-order valence-corrected chi connectivity index (χ1v) is 7.18. The molecule has 2 unspecified atom stereocenters. The van der Waals surface area contributed by atoms with Gasteiger partial charge in [-0.15, -0.1) is 29.8 Å². The van der Waals surface area contributed by atoms with Gasteiger partial charge in [0, 0.05) is 5.88 Å². The Morgan fingerprint density at radius 2 is 1.62 bits per heavy atom. The van der Waals surface area contributed by atoms with Crippen LogP contribution in [0, 0.1) is 0 Å². The van der Waals surface area contributed by atoms with Gasteiger partial charge in [0.25, 0.3) is 0 Å². The lowest BCUT2D eigenvalue weighted by atomic mass is 10.1. The number of allylic oxidation sites excluding steroid dienone is 1. The van der Waals surface area contributed by atoms with Crippen molar-refractivity contribution in [3.8, 4) is 0 Å². The average Bonchev–Trinajstić information content (AvgIpc) is 2.31.